The molecule has 3 heterocycles. The van der Waals surface area contributed by atoms with Crippen LogP contribution in [0.25, 0.3) is 11.5 Å². The molecule has 2 aromatic heterocycles. The Morgan fingerprint density at radius 2 is 1.96 bits per heavy atom. The highest BCUT2D eigenvalue weighted by Crippen LogP contribution is 2.37. The summed E-state index contributed by atoms with van der Waals surface area (Å²) in [5.41, 5.74) is 1.88. The summed E-state index contributed by atoms with van der Waals surface area (Å²) in [7, 11) is 0. The van der Waals surface area contributed by atoms with E-state index in [9.17, 15) is 0 Å². The number of thioether (sulfide) groups is 1. The van der Waals surface area contributed by atoms with E-state index in [1.165, 1.54) is 11.8 Å². The highest BCUT2D eigenvalue weighted by atomic mass is 79.9. The topological polar surface area (TPSA) is 70.3 Å². The zero-order valence-corrected chi connectivity index (χ0v) is 14.8. The Morgan fingerprint density at radius 3 is 2.75 bits per heavy atom. The van der Waals surface area contributed by atoms with Crippen molar-refractivity contribution in [2.75, 3.05) is 13.2 Å². The summed E-state index contributed by atoms with van der Waals surface area (Å²) in [6.07, 6.45) is 3.40. The Hall–Kier alpha value is -2.06. The van der Waals surface area contributed by atoms with E-state index in [2.05, 4.69) is 31.1 Å². The van der Waals surface area contributed by atoms with Crippen molar-refractivity contribution in [3.63, 3.8) is 0 Å². The molecule has 0 bridgehead atoms. The van der Waals surface area contributed by atoms with E-state index in [0.717, 1.165) is 27.1 Å². The molecule has 0 fully saturated rings. The lowest BCUT2D eigenvalue weighted by Gasteiger charge is -2.19. The van der Waals surface area contributed by atoms with Gasteiger partial charge in [-0.15, -0.1) is 10.2 Å². The van der Waals surface area contributed by atoms with Crippen LogP contribution in [0.4, 0.5) is 0 Å². The molecule has 0 unspecified atom stereocenters. The van der Waals surface area contributed by atoms with Crippen LogP contribution in [-0.4, -0.2) is 28.4 Å². The van der Waals surface area contributed by atoms with Crippen molar-refractivity contribution in [2.24, 2.45) is 0 Å². The lowest BCUT2D eigenvalue weighted by molar-refractivity contribution is 0.171. The predicted molar refractivity (Wildman–Crippen MR) is 92.2 cm³/mol. The minimum atomic E-state index is 0.465. The van der Waals surface area contributed by atoms with Gasteiger partial charge in [-0.05, 0) is 29.8 Å². The molecule has 8 heteroatoms. The Morgan fingerprint density at radius 1 is 1.12 bits per heavy atom. The molecule has 1 aromatic carbocycles. The van der Waals surface area contributed by atoms with E-state index in [4.69, 9.17) is 13.9 Å². The first-order valence-electron chi connectivity index (χ1n) is 7.24. The number of hydrogen-bond acceptors (Lipinski definition) is 7. The second-order valence-corrected chi connectivity index (χ2v) is 6.77. The van der Waals surface area contributed by atoms with Crippen LogP contribution in [0.15, 0.2) is 50.8 Å². The van der Waals surface area contributed by atoms with Gasteiger partial charge in [0.25, 0.3) is 5.22 Å². The van der Waals surface area contributed by atoms with Gasteiger partial charge >= 0.3 is 0 Å². The maximum absolute atomic E-state index is 5.67. The minimum Gasteiger partial charge on any atom is -0.486 e. The van der Waals surface area contributed by atoms with Crippen molar-refractivity contribution in [2.45, 2.75) is 11.0 Å². The fourth-order valence-electron chi connectivity index (χ4n) is 2.23. The Labute approximate surface area is 150 Å². The summed E-state index contributed by atoms with van der Waals surface area (Å²) in [6.45, 7) is 1.14. The number of nitrogens with zero attached hydrogens (tertiary/aromatic N) is 3. The molecule has 4 rings (SSSR count). The number of fused-ring (bicyclic) bond motifs is 1. The second-order valence-electron chi connectivity index (χ2n) is 4.99. The molecule has 24 heavy (non-hydrogen) atoms. The van der Waals surface area contributed by atoms with Crippen LogP contribution in [-0.2, 0) is 5.75 Å². The van der Waals surface area contributed by atoms with Crippen LogP contribution in [0.1, 0.15) is 5.56 Å². The van der Waals surface area contributed by atoms with Crippen molar-refractivity contribution < 1.29 is 13.9 Å². The molecule has 0 radical (unpaired) electrons. The third-order valence-electron chi connectivity index (χ3n) is 3.38. The number of benzene rings is 1. The van der Waals surface area contributed by atoms with Crippen molar-refractivity contribution in [3.8, 4) is 23.0 Å². The summed E-state index contributed by atoms with van der Waals surface area (Å²) in [5.74, 6) is 2.67. The molecule has 3 aromatic rings. The Balaban J connectivity index is 1.48. The van der Waals surface area contributed by atoms with Gasteiger partial charge in [-0.25, -0.2) is 0 Å². The van der Waals surface area contributed by atoms with Gasteiger partial charge in [-0.2, -0.15) is 0 Å². The molecule has 0 spiro atoms. The van der Waals surface area contributed by atoms with Gasteiger partial charge in [0.05, 0.1) is 5.56 Å². The molecule has 1 aliphatic heterocycles. The van der Waals surface area contributed by atoms with Crippen LogP contribution in [0.3, 0.4) is 0 Å². The lowest BCUT2D eigenvalue weighted by atomic mass is 10.2. The standard InChI is InChI=1S/C16H12BrN3O3S/c17-12-7-14-13(21-4-5-22-14)6-11(12)9-24-16-20-19-15(23-16)10-2-1-3-18-8-10/h1-3,6-8H,4-5,9H2. The Kier molecular flexibility index (Phi) is 4.40. The van der Waals surface area contributed by atoms with Gasteiger partial charge < -0.3 is 13.9 Å². The first-order chi connectivity index (χ1) is 11.8. The molecule has 0 saturated carbocycles. The van der Waals surface area contributed by atoms with E-state index in [1.807, 2.05) is 24.3 Å². The third-order valence-corrected chi connectivity index (χ3v) is 4.98. The average Bonchev–Trinajstić information content (AvgIpc) is 3.10. The van der Waals surface area contributed by atoms with Crippen molar-refractivity contribution >= 4 is 27.7 Å². The lowest BCUT2D eigenvalue weighted by Crippen LogP contribution is -2.15. The first-order valence-corrected chi connectivity index (χ1v) is 9.02. The van der Waals surface area contributed by atoms with Crippen LogP contribution in [0, 0.1) is 0 Å². The summed E-state index contributed by atoms with van der Waals surface area (Å²) in [6, 6.07) is 7.62. The average molecular weight is 406 g/mol. The van der Waals surface area contributed by atoms with E-state index < -0.39 is 0 Å². The molecule has 0 atom stereocenters. The van der Waals surface area contributed by atoms with Crippen LogP contribution >= 0.6 is 27.7 Å². The van der Waals surface area contributed by atoms with Gasteiger partial charge in [-0.3, -0.25) is 4.98 Å². The number of aromatic nitrogens is 3. The second kappa shape index (κ2) is 6.82. The Bertz CT molecular complexity index is 857. The minimum absolute atomic E-state index is 0.465. The van der Waals surface area contributed by atoms with Crippen molar-refractivity contribution in [1.82, 2.24) is 15.2 Å². The van der Waals surface area contributed by atoms with Crippen LogP contribution < -0.4 is 9.47 Å². The normalized spacial score (nSPS) is 13.0. The maximum Gasteiger partial charge on any atom is 0.277 e. The molecule has 6 nitrogen and oxygen atoms in total. The molecule has 1 aliphatic rings. The zero-order chi connectivity index (χ0) is 16.4. The molecular weight excluding hydrogens is 394 g/mol. The number of ether oxygens (including phenoxy) is 2. The summed E-state index contributed by atoms with van der Waals surface area (Å²) < 4.78 is 17.8. The monoisotopic (exact) mass is 405 g/mol. The maximum atomic E-state index is 5.67. The van der Waals surface area contributed by atoms with Gasteiger partial charge in [-0.1, -0.05) is 27.7 Å². The molecule has 0 N–H and O–H groups in total. The smallest absolute Gasteiger partial charge is 0.277 e. The van der Waals surface area contributed by atoms with Crippen LogP contribution in [0.2, 0.25) is 0 Å². The molecule has 0 amide bonds. The van der Waals surface area contributed by atoms with Crippen LogP contribution in [0.5, 0.6) is 11.5 Å². The number of rotatable bonds is 4. The highest BCUT2D eigenvalue weighted by Gasteiger charge is 2.16. The van der Waals surface area contributed by atoms with E-state index in [0.29, 0.717) is 30.1 Å². The fourth-order valence-corrected chi connectivity index (χ4v) is 3.63. The predicted octanol–water partition coefficient (Wildman–Crippen LogP) is 3.96. The molecule has 0 aliphatic carbocycles. The zero-order valence-electron chi connectivity index (χ0n) is 12.4. The summed E-state index contributed by atoms with van der Waals surface area (Å²) >= 11 is 5.03. The van der Waals surface area contributed by atoms with Gasteiger partial charge in [0.1, 0.15) is 13.2 Å². The van der Waals surface area contributed by atoms with E-state index in [-0.39, 0.29) is 0 Å². The number of hydrogen-bond donors (Lipinski definition) is 0. The quantitative estimate of drug-likeness (QED) is 0.608. The van der Waals surface area contributed by atoms with Gasteiger partial charge in [0, 0.05) is 22.6 Å². The van der Waals surface area contributed by atoms with Gasteiger partial charge in [0.2, 0.25) is 5.89 Å². The summed E-state index contributed by atoms with van der Waals surface area (Å²) in [5, 5.41) is 8.64. The number of pyridine rings is 1. The van der Waals surface area contributed by atoms with Crippen molar-refractivity contribution in [1.29, 1.82) is 0 Å². The highest BCUT2D eigenvalue weighted by molar-refractivity contribution is 9.10. The SMILES string of the molecule is Brc1cc2c(cc1CSc1nnc(-c3cccnc3)o1)OCCO2. The van der Waals surface area contributed by atoms with Gasteiger partial charge in [0.15, 0.2) is 11.5 Å². The summed E-state index contributed by atoms with van der Waals surface area (Å²) in [4.78, 5) is 4.05. The first kappa shape index (κ1) is 15.5. The van der Waals surface area contributed by atoms with E-state index >= 15 is 0 Å². The third kappa shape index (κ3) is 3.25. The molecule has 122 valence electrons. The molecule has 0 saturated heterocycles. The fraction of sp³-hybridized carbons (Fsp3) is 0.188. The molecular formula is C16H12BrN3O3S. The van der Waals surface area contributed by atoms with E-state index in [1.54, 1.807) is 12.4 Å². The number of halogens is 1. The van der Waals surface area contributed by atoms with Crippen molar-refractivity contribution in [3.05, 3.63) is 46.7 Å². The largest absolute Gasteiger partial charge is 0.486 e.